The molecule has 2 aromatic heterocycles. The number of nitrogens with two attached hydrogens (primary N) is 1. The van der Waals surface area contributed by atoms with Crippen LogP contribution >= 0.6 is 27.3 Å². The van der Waals surface area contributed by atoms with Gasteiger partial charge in [-0.2, -0.15) is 0 Å². The third kappa shape index (κ3) is 1.95. The summed E-state index contributed by atoms with van der Waals surface area (Å²) in [6, 6.07) is 3.44. The number of methoxy groups -OCH3 is 1. The Labute approximate surface area is 100.0 Å². The molecular weight excluding hydrogens is 278 g/mol. The van der Waals surface area contributed by atoms with E-state index >= 15 is 0 Å². The van der Waals surface area contributed by atoms with E-state index in [1.165, 1.54) is 0 Å². The molecule has 0 spiro atoms. The van der Waals surface area contributed by atoms with Crippen LogP contribution in [0.25, 0.3) is 0 Å². The van der Waals surface area contributed by atoms with Crippen LogP contribution in [0.1, 0.15) is 16.7 Å². The van der Waals surface area contributed by atoms with E-state index in [0.29, 0.717) is 0 Å². The number of hydrogen-bond acceptors (Lipinski definition) is 4. The molecule has 0 aliphatic heterocycles. The lowest BCUT2D eigenvalue weighted by Gasteiger charge is -2.09. The van der Waals surface area contributed by atoms with Crippen LogP contribution in [0.3, 0.4) is 0 Å². The monoisotopic (exact) mass is 287 g/mol. The van der Waals surface area contributed by atoms with Crippen molar-refractivity contribution in [2.24, 2.45) is 5.73 Å². The standard InChI is InChI=1S/C10H10BrNO2S/c1-13-7-3-5-15-10(7)8(12)9-6(11)2-4-14-9/h2-5,8H,12H2,1H3. The first kappa shape index (κ1) is 10.7. The molecule has 0 saturated heterocycles. The molecule has 0 fully saturated rings. The van der Waals surface area contributed by atoms with Crippen molar-refractivity contribution in [2.75, 3.05) is 7.11 Å². The SMILES string of the molecule is COc1ccsc1C(N)c1occc1Br. The Hall–Kier alpha value is -0.780. The molecule has 5 heteroatoms. The number of rotatable bonds is 3. The van der Waals surface area contributed by atoms with Gasteiger partial charge in [0, 0.05) is 0 Å². The average molecular weight is 288 g/mol. The van der Waals surface area contributed by atoms with Gasteiger partial charge in [-0.25, -0.2) is 0 Å². The Morgan fingerprint density at radius 2 is 2.33 bits per heavy atom. The molecule has 2 N–H and O–H groups in total. The topological polar surface area (TPSA) is 48.4 Å². The molecule has 0 radical (unpaired) electrons. The fourth-order valence-electron chi connectivity index (χ4n) is 1.35. The first-order valence-electron chi connectivity index (χ1n) is 4.34. The lowest BCUT2D eigenvalue weighted by molar-refractivity contribution is 0.406. The van der Waals surface area contributed by atoms with Gasteiger partial charge in [-0.05, 0) is 33.4 Å². The summed E-state index contributed by atoms with van der Waals surface area (Å²) >= 11 is 4.95. The molecule has 0 amide bonds. The smallest absolute Gasteiger partial charge is 0.140 e. The van der Waals surface area contributed by atoms with Crippen LogP contribution < -0.4 is 10.5 Å². The van der Waals surface area contributed by atoms with Crippen LogP contribution in [0.5, 0.6) is 5.75 Å². The predicted octanol–water partition coefficient (Wildman–Crippen LogP) is 3.16. The van der Waals surface area contributed by atoms with E-state index in [9.17, 15) is 0 Å². The number of ether oxygens (including phenoxy) is 1. The fourth-order valence-corrected chi connectivity index (χ4v) is 2.66. The molecule has 2 aromatic rings. The fraction of sp³-hybridized carbons (Fsp3) is 0.200. The summed E-state index contributed by atoms with van der Waals surface area (Å²) in [5.41, 5.74) is 6.09. The highest BCUT2D eigenvalue weighted by molar-refractivity contribution is 9.10. The van der Waals surface area contributed by atoms with Crippen LogP contribution in [0, 0.1) is 0 Å². The average Bonchev–Trinajstić information content (AvgIpc) is 2.84. The van der Waals surface area contributed by atoms with Crippen molar-refractivity contribution in [1.29, 1.82) is 0 Å². The zero-order chi connectivity index (χ0) is 10.8. The predicted molar refractivity (Wildman–Crippen MR) is 63.3 cm³/mol. The van der Waals surface area contributed by atoms with Crippen molar-refractivity contribution in [3.63, 3.8) is 0 Å². The minimum Gasteiger partial charge on any atom is -0.496 e. The molecule has 1 atom stereocenters. The lowest BCUT2D eigenvalue weighted by atomic mass is 10.2. The van der Waals surface area contributed by atoms with Gasteiger partial charge in [0.15, 0.2) is 0 Å². The van der Waals surface area contributed by atoms with Gasteiger partial charge in [0.25, 0.3) is 0 Å². The molecule has 0 bridgehead atoms. The summed E-state index contributed by atoms with van der Waals surface area (Å²) < 4.78 is 11.4. The maximum absolute atomic E-state index is 6.09. The second-order valence-corrected chi connectivity index (χ2v) is 4.77. The minimum atomic E-state index is -0.288. The minimum absolute atomic E-state index is 0.288. The van der Waals surface area contributed by atoms with Crippen LogP contribution in [0.2, 0.25) is 0 Å². The van der Waals surface area contributed by atoms with E-state index in [2.05, 4.69) is 15.9 Å². The first-order chi connectivity index (χ1) is 7.24. The van der Waals surface area contributed by atoms with Crippen LogP contribution in [0.15, 0.2) is 32.7 Å². The molecule has 1 unspecified atom stereocenters. The third-order valence-electron chi connectivity index (χ3n) is 2.09. The summed E-state index contributed by atoms with van der Waals surface area (Å²) in [7, 11) is 1.63. The molecule has 3 nitrogen and oxygen atoms in total. The molecule has 2 heterocycles. The van der Waals surface area contributed by atoms with E-state index < -0.39 is 0 Å². The Morgan fingerprint density at radius 1 is 1.53 bits per heavy atom. The molecular formula is C10H10BrNO2S. The molecule has 0 saturated carbocycles. The molecule has 0 aliphatic rings. The van der Waals surface area contributed by atoms with Crippen LogP contribution in [-0.2, 0) is 0 Å². The molecule has 2 rings (SSSR count). The van der Waals surface area contributed by atoms with Gasteiger partial charge >= 0.3 is 0 Å². The van der Waals surface area contributed by atoms with Crippen molar-refractivity contribution in [3.8, 4) is 5.75 Å². The van der Waals surface area contributed by atoms with Gasteiger partial charge in [-0.1, -0.05) is 0 Å². The van der Waals surface area contributed by atoms with Crippen LogP contribution in [-0.4, -0.2) is 7.11 Å². The van der Waals surface area contributed by atoms with Crippen molar-refractivity contribution < 1.29 is 9.15 Å². The zero-order valence-electron chi connectivity index (χ0n) is 8.07. The highest BCUT2D eigenvalue weighted by atomic mass is 79.9. The van der Waals surface area contributed by atoms with Gasteiger partial charge in [0.1, 0.15) is 17.6 Å². The summed E-state index contributed by atoms with van der Waals surface area (Å²) in [6.07, 6.45) is 1.61. The normalized spacial score (nSPS) is 12.7. The van der Waals surface area contributed by atoms with Crippen molar-refractivity contribution >= 4 is 27.3 Å². The second kappa shape index (κ2) is 4.38. The second-order valence-electron chi connectivity index (χ2n) is 2.96. The Bertz CT molecular complexity index is 452. The van der Waals surface area contributed by atoms with Gasteiger partial charge in [-0.15, -0.1) is 11.3 Å². The lowest BCUT2D eigenvalue weighted by Crippen LogP contribution is -2.10. The van der Waals surface area contributed by atoms with Gasteiger partial charge in [-0.3, -0.25) is 0 Å². The van der Waals surface area contributed by atoms with E-state index in [1.807, 2.05) is 17.5 Å². The Kier molecular flexibility index (Phi) is 3.14. The Morgan fingerprint density at radius 3 is 2.93 bits per heavy atom. The molecule has 0 aliphatic carbocycles. The highest BCUT2D eigenvalue weighted by Gasteiger charge is 2.20. The summed E-state index contributed by atoms with van der Waals surface area (Å²) in [6.45, 7) is 0. The molecule has 0 aromatic carbocycles. The van der Waals surface area contributed by atoms with Gasteiger partial charge in [0.2, 0.25) is 0 Å². The van der Waals surface area contributed by atoms with E-state index in [4.69, 9.17) is 14.9 Å². The quantitative estimate of drug-likeness (QED) is 0.943. The van der Waals surface area contributed by atoms with E-state index in [1.54, 1.807) is 24.7 Å². The van der Waals surface area contributed by atoms with Crippen molar-refractivity contribution in [2.45, 2.75) is 6.04 Å². The molecule has 80 valence electrons. The number of hydrogen-bond donors (Lipinski definition) is 1. The highest BCUT2D eigenvalue weighted by Crippen LogP contribution is 2.36. The first-order valence-corrected chi connectivity index (χ1v) is 6.01. The third-order valence-corrected chi connectivity index (χ3v) is 3.72. The summed E-state index contributed by atoms with van der Waals surface area (Å²) in [5.74, 6) is 1.52. The van der Waals surface area contributed by atoms with E-state index in [-0.39, 0.29) is 6.04 Å². The largest absolute Gasteiger partial charge is 0.496 e. The Balaban J connectivity index is 2.36. The van der Waals surface area contributed by atoms with Crippen molar-refractivity contribution in [3.05, 3.63) is 38.9 Å². The number of thiophene rings is 1. The van der Waals surface area contributed by atoms with Gasteiger partial charge < -0.3 is 14.9 Å². The maximum Gasteiger partial charge on any atom is 0.140 e. The number of halogens is 1. The number of furan rings is 1. The van der Waals surface area contributed by atoms with Gasteiger partial charge in [0.05, 0.1) is 22.7 Å². The van der Waals surface area contributed by atoms with E-state index in [0.717, 1.165) is 20.9 Å². The summed E-state index contributed by atoms with van der Waals surface area (Å²) in [4.78, 5) is 0.966. The summed E-state index contributed by atoms with van der Waals surface area (Å²) in [5, 5.41) is 1.95. The zero-order valence-corrected chi connectivity index (χ0v) is 10.5. The van der Waals surface area contributed by atoms with Crippen molar-refractivity contribution in [1.82, 2.24) is 0 Å². The van der Waals surface area contributed by atoms with Crippen LogP contribution in [0.4, 0.5) is 0 Å². The maximum atomic E-state index is 6.09. The molecule has 15 heavy (non-hydrogen) atoms.